The van der Waals surface area contributed by atoms with Crippen molar-refractivity contribution >= 4 is 0 Å². The van der Waals surface area contributed by atoms with E-state index in [-0.39, 0.29) is 47.3 Å². The molecule has 0 spiro atoms. The molecule has 2 fully saturated rings. The van der Waals surface area contributed by atoms with E-state index < -0.39 is 23.6 Å². The topological polar surface area (TPSA) is 110 Å². The molecule has 1 aliphatic heterocycles. The molecule has 8 heteroatoms. The molecule has 1 aromatic heterocycles. The Hall–Kier alpha value is -1.71. The monoisotopic (exact) mass is 535 g/mol. The molecular formula is C30H49NO7. The first kappa shape index (κ1) is 30.8. The van der Waals surface area contributed by atoms with Gasteiger partial charge in [-0.15, -0.1) is 0 Å². The van der Waals surface area contributed by atoms with Gasteiger partial charge in [-0.2, -0.15) is 0 Å². The van der Waals surface area contributed by atoms with E-state index in [2.05, 4.69) is 40.7 Å². The summed E-state index contributed by atoms with van der Waals surface area (Å²) in [6, 6.07) is 0. The second-order valence-corrected chi connectivity index (χ2v) is 11.9. The van der Waals surface area contributed by atoms with Crippen LogP contribution in [0.3, 0.4) is 0 Å². The van der Waals surface area contributed by atoms with Crippen molar-refractivity contribution in [2.45, 2.75) is 109 Å². The van der Waals surface area contributed by atoms with Crippen LogP contribution in [0.5, 0.6) is 5.75 Å². The summed E-state index contributed by atoms with van der Waals surface area (Å²) < 4.78 is 18.9. The summed E-state index contributed by atoms with van der Waals surface area (Å²) >= 11 is 0. The summed E-state index contributed by atoms with van der Waals surface area (Å²) in [6.45, 7) is 10.9. The molecule has 0 aromatic carbocycles. The third-order valence-electron chi connectivity index (χ3n) is 9.04. The van der Waals surface area contributed by atoms with Crippen LogP contribution < -0.4 is 5.56 Å². The van der Waals surface area contributed by atoms with Gasteiger partial charge in [0.1, 0.15) is 11.4 Å². The molecule has 3 rings (SSSR count). The van der Waals surface area contributed by atoms with Crippen molar-refractivity contribution in [2.24, 2.45) is 24.8 Å². The number of aromatic nitrogens is 1. The smallest absolute Gasteiger partial charge is 0.259 e. The third-order valence-corrected chi connectivity index (χ3v) is 9.04. The molecule has 3 N–H and O–H groups in total. The van der Waals surface area contributed by atoms with Crippen molar-refractivity contribution in [1.29, 1.82) is 0 Å². The molecule has 1 saturated heterocycles. The molecule has 2 heterocycles. The standard InChI is InChI=1S/C30H49NO7/c1-9-18(2)14-19(3)15-21(5)27-20(4)10-11-23(38-27)25-26(33)22(17-31(6)28(25)34)30(35)13-12-29(36-7,37-8)16-24(30)32/h15,17-20,23-24,27,32-33,35H,9-14,16H2,1-8H3/b21-15+/t18-,19+,20+,23-,24-,27+,30-/m0/s1. The predicted molar refractivity (Wildman–Crippen MR) is 147 cm³/mol. The molecule has 38 heavy (non-hydrogen) atoms. The summed E-state index contributed by atoms with van der Waals surface area (Å²) in [4.78, 5) is 13.3. The maximum Gasteiger partial charge on any atom is 0.259 e. The highest BCUT2D eigenvalue weighted by Crippen LogP contribution is 2.48. The van der Waals surface area contributed by atoms with Gasteiger partial charge in [0.05, 0.1) is 23.9 Å². The first-order chi connectivity index (χ1) is 17.8. The Morgan fingerprint density at radius 2 is 1.92 bits per heavy atom. The lowest BCUT2D eigenvalue weighted by molar-refractivity contribution is -0.269. The highest BCUT2D eigenvalue weighted by Gasteiger charge is 2.51. The van der Waals surface area contributed by atoms with Crippen LogP contribution in [0.4, 0.5) is 0 Å². The van der Waals surface area contributed by atoms with E-state index in [0.717, 1.165) is 24.8 Å². The average Bonchev–Trinajstić information content (AvgIpc) is 2.88. The van der Waals surface area contributed by atoms with Gasteiger partial charge in [-0.3, -0.25) is 4.79 Å². The average molecular weight is 536 g/mol. The third kappa shape index (κ3) is 6.04. The van der Waals surface area contributed by atoms with Crippen LogP contribution in [0, 0.1) is 17.8 Å². The second-order valence-electron chi connectivity index (χ2n) is 11.9. The van der Waals surface area contributed by atoms with Crippen molar-refractivity contribution in [3.8, 4) is 5.75 Å². The van der Waals surface area contributed by atoms with Crippen LogP contribution in [-0.4, -0.2) is 52.1 Å². The number of pyridine rings is 1. The highest BCUT2D eigenvalue weighted by atomic mass is 16.7. The fourth-order valence-corrected chi connectivity index (χ4v) is 6.36. The van der Waals surface area contributed by atoms with Crippen molar-refractivity contribution in [1.82, 2.24) is 4.57 Å². The second kappa shape index (κ2) is 12.2. The summed E-state index contributed by atoms with van der Waals surface area (Å²) in [6.07, 6.45) is 5.72. The van der Waals surface area contributed by atoms with E-state index in [1.165, 1.54) is 25.0 Å². The lowest BCUT2D eigenvalue weighted by atomic mass is 9.74. The van der Waals surface area contributed by atoms with Gasteiger partial charge in [-0.05, 0) is 55.9 Å². The van der Waals surface area contributed by atoms with Crippen molar-refractivity contribution in [3.05, 3.63) is 39.3 Å². The van der Waals surface area contributed by atoms with Gasteiger partial charge in [0.25, 0.3) is 5.56 Å². The Morgan fingerprint density at radius 1 is 1.26 bits per heavy atom. The van der Waals surface area contributed by atoms with E-state index in [1.54, 1.807) is 7.05 Å². The zero-order valence-electron chi connectivity index (χ0n) is 24.5. The van der Waals surface area contributed by atoms with Gasteiger partial charge >= 0.3 is 0 Å². The normalized spacial score (nSPS) is 31.7. The molecule has 216 valence electrons. The molecule has 1 saturated carbocycles. The van der Waals surface area contributed by atoms with E-state index >= 15 is 0 Å². The molecule has 8 nitrogen and oxygen atoms in total. The Balaban J connectivity index is 1.95. The summed E-state index contributed by atoms with van der Waals surface area (Å²) in [5.74, 6) is 0.0125. The summed E-state index contributed by atoms with van der Waals surface area (Å²) in [7, 11) is 4.59. The Kier molecular flexibility index (Phi) is 9.91. The minimum atomic E-state index is -1.77. The number of nitrogens with zero attached hydrogens (tertiary/aromatic N) is 1. The number of ether oxygens (including phenoxy) is 3. The van der Waals surface area contributed by atoms with E-state index in [1.807, 2.05) is 0 Å². The number of hydrogen-bond donors (Lipinski definition) is 3. The van der Waals surface area contributed by atoms with E-state index in [9.17, 15) is 20.1 Å². The molecule has 2 aliphatic rings. The fraction of sp³-hybridized carbons (Fsp3) is 0.767. The Labute approximate surface area is 227 Å². The number of allylic oxidation sites excluding steroid dienone is 1. The summed E-state index contributed by atoms with van der Waals surface area (Å²) in [5, 5.41) is 34.1. The highest BCUT2D eigenvalue weighted by molar-refractivity contribution is 5.44. The molecule has 7 atom stereocenters. The zero-order valence-corrected chi connectivity index (χ0v) is 24.5. The van der Waals surface area contributed by atoms with E-state index in [4.69, 9.17) is 14.2 Å². The molecule has 0 radical (unpaired) electrons. The molecule has 1 aromatic rings. The lowest BCUT2D eigenvalue weighted by Crippen LogP contribution is -2.53. The maximum absolute atomic E-state index is 13.3. The molecule has 0 unspecified atom stereocenters. The first-order valence-electron chi connectivity index (χ1n) is 14.1. The quantitative estimate of drug-likeness (QED) is 0.311. The van der Waals surface area contributed by atoms with Gasteiger partial charge < -0.3 is 34.1 Å². The fourth-order valence-electron chi connectivity index (χ4n) is 6.36. The Morgan fingerprint density at radius 3 is 2.50 bits per heavy atom. The number of aromatic hydroxyl groups is 1. The van der Waals surface area contributed by atoms with Gasteiger partial charge in [-0.25, -0.2) is 0 Å². The first-order valence-corrected chi connectivity index (χ1v) is 14.1. The van der Waals surface area contributed by atoms with Crippen molar-refractivity contribution < 1.29 is 29.5 Å². The number of aryl methyl sites for hydroxylation is 1. The number of aliphatic hydroxyl groups excluding tert-OH is 1. The van der Waals surface area contributed by atoms with E-state index in [0.29, 0.717) is 24.7 Å². The van der Waals surface area contributed by atoms with Crippen molar-refractivity contribution in [3.63, 3.8) is 0 Å². The van der Waals surface area contributed by atoms with Crippen molar-refractivity contribution in [2.75, 3.05) is 14.2 Å². The minimum absolute atomic E-state index is 0.0203. The van der Waals surface area contributed by atoms with Gasteiger partial charge in [-0.1, -0.05) is 40.2 Å². The molecule has 1 aliphatic carbocycles. The Bertz CT molecular complexity index is 1050. The van der Waals surface area contributed by atoms with Crippen LogP contribution in [0.1, 0.15) is 96.8 Å². The number of rotatable bonds is 9. The number of aliphatic hydroxyl groups is 2. The van der Waals surface area contributed by atoms with Crippen LogP contribution in [0.15, 0.2) is 22.6 Å². The van der Waals surface area contributed by atoms with Crippen LogP contribution in [0.25, 0.3) is 0 Å². The molecular weight excluding hydrogens is 486 g/mol. The lowest BCUT2D eigenvalue weighted by Gasteiger charge is -2.46. The maximum atomic E-state index is 13.3. The minimum Gasteiger partial charge on any atom is -0.507 e. The molecule has 0 amide bonds. The van der Waals surface area contributed by atoms with Gasteiger partial charge in [0, 0.05) is 45.9 Å². The number of methoxy groups -OCH3 is 2. The largest absolute Gasteiger partial charge is 0.507 e. The summed E-state index contributed by atoms with van der Waals surface area (Å²) in [5.41, 5.74) is -0.738. The number of hydrogen-bond acceptors (Lipinski definition) is 7. The van der Waals surface area contributed by atoms with Gasteiger partial charge in [0.2, 0.25) is 0 Å². The van der Waals surface area contributed by atoms with Crippen LogP contribution >= 0.6 is 0 Å². The molecule has 0 bridgehead atoms. The van der Waals surface area contributed by atoms with Gasteiger partial charge in [0.15, 0.2) is 5.79 Å². The zero-order chi connectivity index (χ0) is 28.4. The van der Waals surface area contributed by atoms with Crippen LogP contribution in [-0.2, 0) is 26.9 Å². The predicted octanol–water partition coefficient (Wildman–Crippen LogP) is 4.69. The van der Waals surface area contributed by atoms with Crippen LogP contribution in [0.2, 0.25) is 0 Å². The SMILES string of the molecule is CC[C@H](C)C[C@@H](C)/C=C(\C)[C@@H]1O[C@H](c2c(O)c([C@@]3(O)CCC(OC)(OC)C[C@@H]3O)cn(C)c2=O)CC[C@H]1C.